The molecule has 0 bridgehead atoms. The van der Waals surface area contributed by atoms with Gasteiger partial charge >= 0.3 is 5.97 Å². The molecule has 0 unspecified atom stereocenters. The topological polar surface area (TPSA) is 60.8 Å². The SMILES string of the molecule is CCOC(=O)C1=C(C)N(c2ccc(Cl)cc2)C(=O)/C1=C\c1cc(C)n(-c2cc(C)ccc2OC)c1C. The number of carbonyl (C=O) groups is 2. The Balaban J connectivity index is 1.87. The summed E-state index contributed by atoms with van der Waals surface area (Å²) < 4.78 is 13.0. The van der Waals surface area contributed by atoms with Crippen LogP contribution in [-0.2, 0) is 14.3 Å². The van der Waals surface area contributed by atoms with E-state index in [1.807, 2.05) is 39.0 Å². The van der Waals surface area contributed by atoms with Gasteiger partial charge in [0.2, 0.25) is 0 Å². The Morgan fingerprint density at radius 1 is 1.03 bits per heavy atom. The number of carbonyl (C=O) groups excluding carboxylic acids is 2. The summed E-state index contributed by atoms with van der Waals surface area (Å²) >= 11 is 6.05. The van der Waals surface area contributed by atoms with Gasteiger partial charge in [-0.05, 0) is 94.3 Å². The number of esters is 1. The number of methoxy groups -OCH3 is 1. The summed E-state index contributed by atoms with van der Waals surface area (Å²) in [7, 11) is 1.65. The van der Waals surface area contributed by atoms with Gasteiger partial charge in [-0.25, -0.2) is 4.79 Å². The molecule has 2 aromatic carbocycles. The van der Waals surface area contributed by atoms with Crippen molar-refractivity contribution >= 4 is 35.2 Å². The molecule has 0 atom stereocenters. The average molecular weight is 505 g/mol. The van der Waals surface area contributed by atoms with Crippen LogP contribution >= 0.6 is 11.6 Å². The Morgan fingerprint density at radius 2 is 1.72 bits per heavy atom. The van der Waals surface area contributed by atoms with E-state index < -0.39 is 5.97 Å². The molecule has 3 aromatic rings. The molecule has 7 heteroatoms. The Kier molecular flexibility index (Phi) is 7.09. The summed E-state index contributed by atoms with van der Waals surface area (Å²) in [5, 5.41) is 0.562. The van der Waals surface area contributed by atoms with E-state index in [9.17, 15) is 9.59 Å². The largest absolute Gasteiger partial charge is 0.495 e. The molecule has 1 amide bonds. The summed E-state index contributed by atoms with van der Waals surface area (Å²) in [4.78, 5) is 28.2. The van der Waals surface area contributed by atoms with Crippen LogP contribution in [0.25, 0.3) is 11.8 Å². The van der Waals surface area contributed by atoms with Crippen LogP contribution in [0, 0.1) is 20.8 Å². The first-order valence-electron chi connectivity index (χ1n) is 11.7. The Hall–Kier alpha value is -3.77. The lowest BCUT2D eigenvalue weighted by Crippen LogP contribution is -2.24. The second kappa shape index (κ2) is 10.1. The molecule has 1 aliphatic heterocycles. The molecule has 36 heavy (non-hydrogen) atoms. The molecule has 0 saturated carbocycles. The zero-order valence-electron chi connectivity index (χ0n) is 21.3. The van der Waals surface area contributed by atoms with Gasteiger partial charge in [0.15, 0.2) is 0 Å². The minimum Gasteiger partial charge on any atom is -0.495 e. The van der Waals surface area contributed by atoms with Gasteiger partial charge < -0.3 is 14.0 Å². The number of allylic oxidation sites excluding steroid dienone is 1. The second-order valence-electron chi connectivity index (χ2n) is 8.69. The quantitative estimate of drug-likeness (QED) is 0.290. The minimum absolute atomic E-state index is 0.208. The number of ether oxygens (including phenoxy) is 2. The van der Waals surface area contributed by atoms with Crippen LogP contribution in [0.5, 0.6) is 5.75 Å². The summed E-state index contributed by atoms with van der Waals surface area (Å²) in [6.45, 7) is 9.72. The molecule has 0 aliphatic carbocycles. The van der Waals surface area contributed by atoms with Crippen molar-refractivity contribution in [3.05, 3.63) is 92.9 Å². The first kappa shape index (κ1) is 25.3. The molecule has 0 saturated heterocycles. The summed E-state index contributed by atoms with van der Waals surface area (Å²) in [5.41, 5.74) is 6.42. The first-order valence-corrected chi connectivity index (χ1v) is 12.1. The number of rotatable bonds is 6. The van der Waals surface area contributed by atoms with Crippen LogP contribution in [0.4, 0.5) is 5.69 Å². The number of nitrogens with zero attached hydrogens (tertiary/aromatic N) is 2. The lowest BCUT2D eigenvalue weighted by molar-refractivity contribution is -0.138. The predicted octanol–water partition coefficient (Wildman–Crippen LogP) is 6.33. The third kappa shape index (κ3) is 4.44. The molecule has 1 aliphatic rings. The Labute approximate surface area is 216 Å². The van der Waals surface area contributed by atoms with Crippen LogP contribution in [0.1, 0.15) is 36.4 Å². The van der Waals surface area contributed by atoms with Crippen molar-refractivity contribution in [1.29, 1.82) is 0 Å². The molecule has 1 aromatic heterocycles. The maximum absolute atomic E-state index is 13.7. The smallest absolute Gasteiger partial charge is 0.340 e. The van der Waals surface area contributed by atoms with Crippen LogP contribution in [0.3, 0.4) is 0 Å². The van der Waals surface area contributed by atoms with Gasteiger partial charge in [0.05, 0.1) is 30.6 Å². The highest BCUT2D eigenvalue weighted by Crippen LogP contribution is 2.37. The zero-order valence-corrected chi connectivity index (χ0v) is 22.1. The fourth-order valence-electron chi connectivity index (χ4n) is 4.62. The fraction of sp³-hybridized carbons (Fsp3) is 0.241. The van der Waals surface area contributed by atoms with E-state index in [0.717, 1.165) is 34.0 Å². The van der Waals surface area contributed by atoms with E-state index in [-0.39, 0.29) is 23.7 Å². The third-order valence-corrected chi connectivity index (χ3v) is 6.56. The second-order valence-corrected chi connectivity index (χ2v) is 9.13. The number of hydrogen-bond acceptors (Lipinski definition) is 4. The highest BCUT2D eigenvalue weighted by molar-refractivity contribution is 6.30. The lowest BCUT2D eigenvalue weighted by Gasteiger charge is -2.18. The van der Waals surface area contributed by atoms with Crippen molar-refractivity contribution in [1.82, 2.24) is 4.57 Å². The van der Waals surface area contributed by atoms with Gasteiger partial charge in [-0.3, -0.25) is 9.69 Å². The van der Waals surface area contributed by atoms with Crippen molar-refractivity contribution in [2.75, 3.05) is 18.6 Å². The highest BCUT2D eigenvalue weighted by atomic mass is 35.5. The van der Waals surface area contributed by atoms with Gasteiger partial charge in [0, 0.05) is 27.8 Å². The predicted molar refractivity (Wildman–Crippen MR) is 143 cm³/mol. The Bertz CT molecular complexity index is 1410. The fourth-order valence-corrected chi connectivity index (χ4v) is 4.74. The normalized spacial score (nSPS) is 14.7. The van der Waals surface area contributed by atoms with Gasteiger partial charge in [-0.1, -0.05) is 17.7 Å². The number of halogens is 1. The average Bonchev–Trinajstić information content (AvgIpc) is 3.25. The van der Waals surface area contributed by atoms with Crippen LogP contribution < -0.4 is 9.64 Å². The molecule has 0 spiro atoms. The van der Waals surface area contributed by atoms with Crippen molar-refractivity contribution in [2.45, 2.75) is 34.6 Å². The molecule has 186 valence electrons. The number of amides is 1. The van der Waals surface area contributed by atoms with Gasteiger partial charge in [-0.2, -0.15) is 0 Å². The highest BCUT2D eigenvalue weighted by Gasteiger charge is 2.38. The maximum atomic E-state index is 13.7. The molecular formula is C29H29ClN2O4. The molecule has 2 heterocycles. The van der Waals surface area contributed by atoms with Gasteiger partial charge in [-0.15, -0.1) is 0 Å². The van der Waals surface area contributed by atoms with Crippen LogP contribution in [-0.4, -0.2) is 30.2 Å². The van der Waals surface area contributed by atoms with E-state index in [1.165, 1.54) is 4.90 Å². The third-order valence-electron chi connectivity index (χ3n) is 6.31. The van der Waals surface area contributed by atoms with Gasteiger partial charge in [0.25, 0.3) is 5.91 Å². The van der Waals surface area contributed by atoms with E-state index in [4.69, 9.17) is 21.1 Å². The summed E-state index contributed by atoms with van der Waals surface area (Å²) in [6.07, 6.45) is 1.77. The number of hydrogen-bond donors (Lipinski definition) is 0. The van der Waals surface area contributed by atoms with E-state index in [0.29, 0.717) is 16.4 Å². The molecule has 6 nitrogen and oxygen atoms in total. The van der Waals surface area contributed by atoms with E-state index in [2.05, 4.69) is 10.6 Å². The van der Waals surface area contributed by atoms with Crippen molar-refractivity contribution in [2.24, 2.45) is 0 Å². The number of anilines is 1. The minimum atomic E-state index is -0.528. The van der Waals surface area contributed by atoms with E-state index in [1.54, 1.807) is 51.3 Å². The van der Waals surface area contributed by atoms with Crippen LogP contribution in [0.2, 0.25) is 5.02 Å². The van der Waals surface area contributed by atoms with E-state index >= 15 is 0 Å². The molecule has 4 rings (SSSR count). The molecule has 0 N–H and O–H groups in total. The van der Waals surface area contributed by atoms with Crippen molar-refractivity contribution in [3.8, 4) is 11.4 Å². The maximum Gasteiger partial charge on any atom is 0.340 e. The summed E-state index contributed by atoms with van der Waals surface area (Å²) in [6, 6.07) is 14.9. The Morgan fingerprint density at radius 3 is 2.36 bits per heavy atom. The number of benzene rings is 2. The summed E-state index contributed by atoms with van der Waals surface area (Å²) in [5.74, 6) is -0.0774. The molecule has 0 radical (unpaired) electrons. The van der Waals surface area contributed by atoms with Crippen LogP contribution in [0.15, 0.2) is 65.4 Å². The first-order chi connectivity index (χ1) is 17.2. The zero-order chi connectivity index (χ0) is 26.1. The van der Waals surface area contributed by atoms with Crippen molar-refractivity contribution < 1.29 is 19.1 Å². The number of aromatic nitrogens is 1. The molecular weight excluding hydrogens is 476 g/mol. The number of aryl methyl sites for hydroxylation is 2. The molecule has 0 fully saturated rings. The standard InChI is InChI=1S/C29H29ClN2O4/c1-7-36-29(34)27-20(5)32(23-11-9-22(30)10-12-23)28(33)24(27)16-21-15-18(3)31(19(21)4)25-14-17(2)8-13-26(25)35-6/h8-16H,7H2,1-6H3/b24-16-. The van der Waals surface area contributed by atoms with Gasteiger partial charge in [0.1, 0.15) is 5.75 Å². The lowest BCUT2D eigenvalue weighted by atomic mass is 10.0. The monoisotopic (exact) mass is 504 g/mol. The van der Waals surface area contributed by atoms with Crippen molar-refractivity contribution in [3.63, 3.8) is 0 Å².